The summed E-state index contributed by atoms with van der Waals surface area (Å²) in [4.78, 5) is 22.9. The third kappa shape index (κ3) is 4.61. The maximum Gasteiger partial charge on any atom is 0.322 e. The number of carbonyl (C=O) groups is 1. The van der Waals surface area contributed by atoms with Crippen molar-refractivity contribution in [1.82, 2.24) is 24.6 Å². The number of pyridine rings is 1. The van der Waals surface area contributed by atoms with Crippen molar-refractivity contribution in [3.63, 3.8) is 0 Å². The van der Waals surface area contributed by atoms with Crippen LogP contribution < -0.4 is 5.32 Å². The van der Waals surface area contributed by atoms with Crippen LogP contribution in [0.25, 0.3) is 5.82 Å². The van der Waals surface area contributed by atoms with Crippen molar-refractivity contribution in [3.8, 4) is 5.82 Å². The van der Waals surface area contributed by atoms with Crippen LogP contribution >= 0.6 is 0 Å². The number of nitrogens with zero attached hydrogens (tertiary/aromatic N) is 5. The number of hydrogen-bond donors (Lipinski definition) is 1. The molecule has 27 heavy (non-hydrogen) atoms. The Labute approximate surface area is 157 Å². The molecule has 0 saturated carbocycles. The van der Waals surface area contributed by atoms with E-state index < -0.39 is 0 Å². The van der Waals surface area contributed by atoms with E-state index in [1.54, 1.807) is 34.2 Å². The largest absolute Gasteiger partial charge is 0.376 e. The summed E-state index contributed by atoms with van der Waals surface area (Å²) in [5, 5.41) is 6.97. The van der Waals surface area contributed by atoms with Gasteiger partial charge in [-0.25, -0.2) is 19.4 Å². The Bertz CT molecular complexity index is 706. The minimum Gasteiger partial charge on any atom is -0.376 e. The summed E-state index contributed by atoms with van der Waals surface area (Å²) in [5.41, 5.74) is 0.633. The van der Waals surface area contributed by atoms with Crippen LogP contribution in [-0.4, -0.2) is 69.2 Å². The molecule has 144 valence electrons. The van der Waals surface area contributed by atoms with Gasteiger partial charge in [-0.05, 0) is 37.8 Å². The fourth-order valence-corrected chi connectivity index (χ4v) is 3.43. The topological polar surface area (TPSA) is 94.4 Å². The molecule has 1 N–H and O–H groups in total. The molecule has 0 radical (unpaired) electrons. The van der Waals surface area contributed by atoms with Crippen LogP contribution in [0.15, 0.2) is 31.0 Å². The highest BCUT2D eigenvalue weighted by Crippen LogP contribution is 2.18. The van der Waals surface area contributed by atoms with Gasteiger partial charge in [-0.1, -0.05) is 0 Å². The van der Waals surface area contributed by atoms with Gasteiger partial charge in [-0.15, -0.1) is 0 Å². The molecule has 2 aliphatic heterocycles. The lowest BCUT2D eigenvalue weighted by Crippen LogP contribution is -2.44. The summed E-state index contributed by atoms with van der Waals surface area (Å²) in [7, 11) is 0. The smallest absolute Gasteiger partial charge is 0.322 e. The molecular formula is C18H24N6O3. The second-order valence-electron chi connectivity index (χ2n) is 6.85. The number of urea groups is 1. The molecule has 4 rings (SSSR count). The standard InChI is InChI=1S/C18H24N6O3/c25-18(22-14-5-6-17(20-9-14)24-13-19-12-21-24)23(10-15-3-1-7-26-15)11-16-4-2-8-27-16/h5-6,9,12-13,15-16H,1-4,7-8,10-11H2,(H,22,25). The Balaban J connectivity index is 1.40. The maximum absolute atomic E-state index is 12.9. The van der Waals surface area contributed by atoms with E-state index in [0.717, 1.165) is 38.9 Å². The number of anilines is 1. The highest BCUT2D eigenvalue weighted by Gasteiger charge is 2.27. The first-order valence-electron chi connectivity index (χ1n) is 9.38. The van der Waals surface area contributed by atoms with E-state index in [4.69, 9.17) is 9.47 Å². The number of amides is 2. The Kier molecular flexibility index (Phi) is 5.59. The molecule has 9 nitrogen and oxygen atoms in total. The van der Waals surface area contributed by atoms with Crippen molar-refractivity contribution in [2.45, 2.75) is 37.9 Å². The van der Waals surface area contributed by atoms with E-state index in [2.05, 4.69) is 20.4 Å². The van der Waals surface area contributed by atoms with Crippen molar-refractivity contribution in [3.05, 3.63) is 31.0 Å². The molecule has 9 heteroatoms. The zero-order chi connectivity index (χ0) is 18.5. The van der Waals surface area contributed by atoms with E-state index in [1.807, 2.05) is 0 Å². The second kappa shape index (κ2) is 8.45. The number of rotatable bonds is 6. The highest BCUT2D eigenvalue weighted by molar-refractivity contribution is 5.89. The van der Waals surface area contributed by atoms with Crippen LogP contribution in [0.5, 0.6) is 0 Å². The van der Waals surface area contributed by atoms with Gasteiger partial charge in [-0.3, -0.25) is 0 Å². The predicted molar refractivity (Wildman–Crippen MR) is 97.7 cm³/mol. The molecule has 2 aromatic heterocycles. The van der Waals surface area contributed by atoms with E-state index in [-0.39, 0.29) is 18.2 Å². The van der Waals surface area contributed by atoms with Crippen LogP contribution in [0, 0.1) is 0 Å². The van der Waals surface area contributed by atoms with Gasteiger partial charge in [0, 0.05) is 26.3 Å². The number of nitrogens with one attached hydrogen (secondary N) is 1. The van der Waals surface area contributed by atoms with Gasteiger partial charge < -0.3 is 19.7 Å². The lowest BCUT2D eigenvalue weighted by molar-refractivity contribution is 0.0524. The molecule has 2 amide bonds. The number of ether oxygens (including phenoxy) is 2. The average molecular weight is 372 g/mol. The van der Waals surface area contributed by atoms with Crippen molar-refractivity contribution in [2.24, 2.45) is 0 Å². The van der Waals surface area contributed by atoms with E-state index in [0.29, 0.717) is 24.6 Å². The first-order valence-corrected chi connectivity index (χ1v) is 9.38. The molecule has 4 heterocycles. The maximum atomic E-state index is 12.9. The lowest BCUT2D eigenvalue weighted by atomic mass is 10.2. The fraction of sp³-hybridized carbons (Fsp3) is 0.556. The van der Waals surface area contributed by atoms with E-state index >= 15 is 0 Å². The molecule has 0 aliphatic carbocycles. The Morgan fingerprint density at radius 1 is 1.19 bits per heavy atom. The molecule has 2 aliphatic rings. The highest BCUT2D eigenvalue weighted by atomic mass is 16.5. The van der Waals surface area contributed by atoms with Crippen LogP contribution in [0.2, 0.25) is 0 Å². The first kappa shape index (κ1) is 17.9. The van der Waals surface area contributed by atoms with Gasteiger partial charge in [-0.2, -0.15) is 5.10 Å². The number of hydrogen-bond acceptors (Lipinski definition) is 6. The molecule has 2 atom stereocenters. The molecule has 2 unspecified atom stereocenters. The third-order valence-corrected chi connectivity index (χ3v) is 4.84. The van der Waals surface area contributed by atoms with Crippen LogP contribution in [-0.2, 0) is 9.47 Å². The van der Waals surface area contributed by atoms with Gasteiger partial charge in [0.25, 0.3) is 0 Å². The average Bonchev–Trinajstić information content (AvgIpc) is 3.45. The second-order valence-corrected chi connectivity index (χ2v) is 6.85. The summed E-state index contributed by atoms with van der Waals surface area (Å²) in [6.07, 6.45) is 8.92. The number of aromatic nitrogens is 4. The third-order valence-electron chi connectivity index (χ3n) is 4.84. The van der Waals surface area contributed by atoms with Gasteiger partial charge in [0.1, 0.15) is 12.7 Å². The van der Waals surface area contributed by atoms with Gasteiger partial charge in [0.05, 0.1) is 24.1 Å². The zero-order valence-corrected chi connectivity index (χ0v) is 15.2. The number of carbonyl (C=O) groups excluding carboxylic acids is 1. The van der Waals surface area contributed by atoms with Crippen molar-refractivity contribution >= 4 is 11.7 Å². The van der Waals surface area contributed by atoms with Gasteiger partial charge in [0.2, 0.25) is 0 Å². The Morgan fingerprint density at radius 2 is 1.93 bits per heavy atom. The summed E-state index contributed by atoms with van der Waals surface area (Å²) in [6, 6.07) is 3.43. The molecule has 0 spiro atoms. The van der Waals surface area contributed by atoms with Gasteiger partial charge >= 0.3 is 6.03 Å². The SMILES string of the molecule is O=C(Nc1ccc(-n2cncn2)nc1)N(CC1CCCO1)CC1CCCO1. The summed E-state index contributed by atoms with van der Waals surface area (Å²) < 4.78 is 13.0. The Hall–Kier alpha value is -2.52. The summed E-state index contributed by atoms with van der Waals surface area (Å²) in [5.74, 6) is 0.640. The Morgan fingerprint density at radius 3 is 2.44 bits per heavy atom. The van der Waals surface area contributed by atoms with Gasteiger partial charge in [0.15, 0.2) is 5.82 Å². The lowest BCUT2D eigenvalue weighted by Gasteiger charge is -2.28. The monoisotopic (exact) mass is 372 g/mol. The molecule has 2 fully saturated rings. The normalized spacial score (nSPS) is 22.1. The van der Waals surface area contributed by atoms with Crippen LogP contribution in [0.1, 0.15) is 25.7 Å². The van der Waals surface area contributed by atoms with Crippen LogP contribution in [0.3, 0.4) is 0 Å². The van der Waals surface area contributed by atoms with Crippen molar-refractivity contribution in [1.29, 1.82) is 0 Å². The quantitative estimate of drug-likeness (QED) is 0.832. The molecule has 2 aromatic rings. The zero-order valence-electron chi connectivity index (χ0n) is 15.2. The summed E-state index contributed by atoms with van der Waals surface area (Å²) in [6.45, 7) is 2.70. The molecule has 2 saturated heterocycles. The van der Waals surface area contributed by atoms with E-state index in [1.165, 1.54) is 6.33 Å². The first-order chi connectivity index (χ1) is 13.3. The van der Waals surface area contributed by atoms with E-state index in [9.17, 15) is 4.79 Å². The van der Waals surface area contributed by atoms with Crippen molar-refractivity contribution < 1.29 is 14.3 Å². The minimum atomic E-state index is -0.156. The van der Waals surface area contributed by atoms with Crippen molar-refractivity contribution in [2.75, 3.05) is 31.6 Å². The summed E-state index contributed by atoms with van der Waals surface area (Å²) >= 11 is 0. The minimum absolute atomic E-state index is 0.102. The molecular weight excluding hydrogens is 348 g/mol. The fourth-order valence-electron chi connectivity index (χ4n) is 3.43. The van der Waals surface area contributed by atoms with Crippen LogP contribution in [0.4, 0.5) is 10.5 Å². The predicted octanol–water partition coefficient (Wildman–Crippen LogP) is 1.85. The molecule has 0 aromatic carbocycles. The molecule has 0 bridgehead atoms.